The number of nitrogens with two attached hydrogens (primary N) is 2. The number of aliphatic hydroxyl groups excluding tert-OH is 1. The first-order valence-electron chi connectivity index (χ1n) is 3.82. The Morgan fingerprint density at radius 1 is 1.54 bits per heavy atom. The van der Waals surface area contributed by atoms with E-state index in [1.807, 2.05) is 0 Å². The summed E-state index contributed by atoms with van der Waals surface area (Å²) in [6.45, 7) is 0.176. The standard InChI is InChI=1S/C9H11N3O/c10-3-1-2-7-4-8(6-13)9(11)12-5-7/h4-5,13H,3,6,10H2,(H2,11,12). The number of aromatic nitrogens is 1. The Bertz CT molecular complexity index is 352. The maximum absolute atomic E-state index is 8.88. The average Bonchev–Trinajstić information content (AvgIpc) is 2.16. The Morgan fingerprint density at radius 2 is 2.31 bits per heavy atom. The second kappa shape index (κ2) is 4.45. The third-order valence-electron chi connectivity index (χ3n) is 1.51. The van der Waals surface area contributed by atoms with E-state index in [0.717, 1.165) is 0 Å². The fourth-order valence-corrected chi connectivity index (χ4v) is 0.869. The minimum atomic E-state index is -0.128. The fraction of sp³-hybridized carbons (Fsp3) is 0.222. The molecule has 0 unspecified atom stereocenters. The predicted molar refractivity (Wildman–Crippen MR) is 50.5 cm³/mol. The van der Waals surface area contributed by atoms with Crippen LogP contribution in [0.1, 0.15) is 11.1 Å². The van der Waals surface area contributed by atoms with Gasteiger partial charge < -0.3 is 16.6 Å². The van der Waals surface area contributed by atoms with Gasteiger partial charge in [0.05, 0.1) is 13.2 Å². The minimum absolute atomic E-state index is 0.128. The second-order valence-corrected chi connectivity index (χ2v) is 2.43. The molecule has 1 aromatic heterocycles. The lowest BCUT2D eigenvalue weighted by Crippen LogP contribution is -1.98. The SMILES string of the molecule is NCC#Cc1cnc(N)c(CO)c1. The summed E-state index contributed by atoms with van der Waals surface area (Å²) >= 11 is 0. The van der Waals surface area contributed by atoms with Gasteiger partial charge in [-0.15, -0.1) is 0 Å². The van der Waals surface area contributed by atoms with Crippen LogP contribution in [0.3, 0.4) is 0 Å². The molecule has 0 saturated heterocycles. The summed E-state index contributed by atoms with van der Waals surface area (Å²) < 4.78 is 0. The Morgan fingerprint density at radius 3 is 2.92 bits per heavy atom. The normalized spacial score (nSPS) is 9.08. The van der Waals surface area contributed by atoms with Crippen molar-refractivity contribution in [2.45, 2.75) is 6.61 Å². The van der Waals surface area contributed by atoms with Crippen molar-refractivity contribution in [3.8, 4) is 11.8 Å². The number of nitrogens with zero attached hydrogens (tertiary/aromatic N) is 1. The van der Waals surface area contributed by atoms with Gasteiger partial charge in [0.1, 0.15) is 5.82 Å². The highest BCUT2D eigenvalue weighted by molar-refractivity contribution is 5.45. The summed E-state index contributed by atoms with van der Waals surface area (Å²) in [4.78, 5) is 3.88. The monoisotopic (exact) mass is 177 g/mol. The van der Waals surface area contributed by atoms with Gasteiger partial charge in [-0.05, 0) is 6.07 Å². The van der Waals surface area contributed by atoms with Crippen LogP contribution in [0.2, 0.25) is 0 Å². The fourth-order valence-electron chi connectivity index (χ4n) is 0.869. The number of hydrogen-bond donors (Lipinski definition) is 3. The maximum Gasteiger partial charge on any atom is 0.128 e. The molecule has 0 bridgehead atoms. The Balaban J connectivity index is 2.99. The zero-order valence-corrected chi connectivity index (χ0v) is 7.12. The molecule has 0 aliphatic rings. The Labute approximate surface area is 76.6 Å². The van der Waals surface area contributed by atoms with Crippen molar-refractivity contribution in [2.24, 2.45) is 5.73 Å². The molecule has 0 fully saturated rings. The number of rotatable bonds is 1. The van der Waals surface area contributed by atoms with Gasteiger partial charge in [-0.2, -0.15) is 0 Å². The third-order valence-corrected chi connectivity index (χ3v) is 1.51. The summed E-state index contributed by atoms with van der Waals surface area (Å²) in [7, 11) is 0. The van der Waals surface area contributed by atoms with Crippen molar-refractivity contribution in [1.29, 1.82) is 0 Å². The smallest absolute Gasteiger partial charge is 0.128 e. The summed E-state index contributed by atoms with van der Waals surface area (Å²) in [5.74, 6) is 5.83. The van der Waals surface area contributed by atoms with Crippen LogP contribution >= 0.6 is 0 Å². The molecule has 68 valence electrons. The molecule has 0 atom stereocenters. The molecule has 4 heteroatoms. The Hall–Kier alpha value is -1.57. The van der Waals surface area contributed by atoms with Crippen LogP contribution < -0.4 is 11.5 Å². The highest BCUT2D eigenvalue weighted by atomic mass is 16.3. The van der Waals surface area contributed by atoms with E-state index in [1.165, 1.54) is 0 Å². The molecule has 0 spiro atoms. The van der Waals surface area contributed by atoms with E-state index in [9.17, 15) is 0 Å². The van der Waals surface area contributed by atoms with Crippen LogP contribution in [0.15, 0.2) is 12.3 Å². The zero-order chi connectivity index (χ0) is 9.68. The van der Waals surface area contributed by atoms with Crippen LogP contribution in [0.4, 0.5) is 5.82 Å². The van der Waals surface area contributed by atoms with Gasteiger partial charge in [0.25, 0.3) is 0 Å². The summed E-state index contributed by atoms with van der Waals surface area (Å²) in [6, 6.07) is 1.70. The number of anilines is 1. The topological polar surface area (TPSA) is 85.2 Å². The quantitative estimate of drug-likeness (QED) is 0.503. The molecule has 1 rings (SSSR count). The third kappa shape index (κ3) is 2.44. The van der Waals surface area contributed by atoms with Gasteiger partial charge in [-0.1, -0.05) is 11.8 Å². The van der Waals surface area contributed by atoms with Gasteiger partial charge in [0.15, 0.2) is 0 Å². The van der Waals surface area contributed by atoms with Crippen LogP contribution in [0.25, 0.3) is 0 Å². The lowest BCUT2D eigenvalue weighted by Gasteiger charge is -2.00. The van der Waals surface area contributed by atoms with Gasteiger partial charge in [0.2, 0.25) is 0 Å². The second-order valence-electron chi connectivity index (χ2n) is 2.43. The average molecular weight is 177 g/mol. The van der Waals surface area contributed by atoms with E-state index in [-0.39, 0.29) is 6.61 Å². The zero-order valence-electron chi connectivity index (χ0n) is 7.12. The summed E-state index contributed by atoms with van der Waals surface area (Å²) in [5, 5.41) is 8.88. The van der Waals surface area contributed by atoms with Crippen molar-refractivity contribution in [3.63, 3.8) is 0 Å². The molecule has 0 aliphatic carbocycles. The van der Waals surface area contributed by atoms with Gasteiger partial charge in [-0.3, -0.25) is 0 Å². The summed E-state index contributed by atoms with van der Waals surface area (Å²) in [5.41, 5.74) is 12.0. The molecule has 4 nitrogen and oxygen atoms in total. The van der Waals surface area contributed by atoms with E-state index in [0.29, 0.717) is 23.5 Å². The van der Waals surface area contributed by atoms with Crippen molar-refractivity contribution in [1.82, 2.24) is 4.98 Å². The van der Waals surface area contributed by atoms with Crippen molar-refractivity contribution in [2.75, 3.05) is 12.3 Å². The molecule has 0 amide bonds. The molecule has 1 heterocycles. The number of nitrogen functional groups attached to an aromatic ring is 1. The van der Waals surface area contributed by atoms with Crippen molar-refractivity contribution >= 4 is 5.82 Å². The van der Waals surface area contributed by atoms with Crippen LogP contribution in [0, 0.1) is 11.8 Å². The predicted octanol–water partition coefficient (Wildman–Crippen LogP) is -0.534. The Kier molecular flexibility index (Phi) is 3.26. The molecular weight excluding hydrogens is 166 g/mol. The molecule has 0 radical (unpaired) electrons. The number of pyridine rings is 1. The van der Waals surface area contributed by atoms with E-state index in [2.05, 4.69) is 16.8 Å². The van der Waals surface area contributed by atoms with Crippen LogP contribution in [-0.2, 0) is 6.61 Å². The lowest BCUT2D eigenvalue weighted by molar-refractivity contribution is 0.282. The van der Waals surface area contributed by atoms with Gasteiger partial charge >= 0.3 is 0 Å². The van der Waals surface area contributed by atoms with E-state index in [1.54, 1.807) is 12.3 Å². The molecule has 0 aromatic carbocycles. The van der Waals surface area contributed by atoms with Gasteiger partial charge in [-0.25, -0.2) is 4.98 Å². The van der Waals surface area contributed by atoms with Crippen molar-refractivity contribution < 1.29 is 5.11 Å². The van der Waals surface area contributed by atoms with Crippen LogP contribution in [-0.4, -0.2) is 16.6 Å². The van der Waals surface area contributed by atoms with E-state index < -0.39 is 0 Å². The molecule has 0 aliphatic heterocycles. The lowest BCUT2D eigenvalue weighted by atomic mass is 10.2. The maximum atomic E-state index is 8.88. The van der Waals surface area contributed by atoms with E-state index in [4.69, 9.17) is 16.6 Å². The molecular formula is C9H11N3O. The molecule has 0 saturated carbocycles. The van der Waals surface area contributed by atoms with E-state index >= 15 is 0 Å². The first-order chi connectivity index (χ1) is 6.27. The van der Waals surface area contributed by atoms with Gasteiger partial charge in [0, 0.05) is 17.3 Å². The first kappa shape index (κ1) is 9.52. The minimum Gasteiger partial charge on any atom is -0.392 e. The molecule has 5 N–H and O–H groups in total. The number of aliphatic hydroxyl groups is 1. The highest BCUT2D eigenvalue weighted by Gasteiger charge is 1.98. The molecule has 13 heavy (non-hydrogen) atoms. The summed E-state index contributed by atoms with van der Waals surface area (Å²) in [6.07, 6.45) is 1.55. The molecule has 1 aromatic rings. The van der Waals surface area contributed by atoms with Crippen LogP contribution in [0.5, 0.6) is 0 Å². The highest BCUT2D eigenvalue weighted by Crippen LogP contribution is 2.09. The largest absolute Gasteiger partial charge is 0.392 e. The number of hydrogen-bond acceptors (Lipinski definition) is 4. The van der Waals surface area contributed by atoms with Crippen molar-refractivity contribution in [3.05, 3.63) is 23.4 Å². The first-order valence-corrected chi connectivity index (χ1v) is 3.82.